The van der Waals surface area contributed by atoms with Crippen LogP contribution in [0.4, 0.5) is 0 Å². The van der Waals surface area contributed by atoms with E-state index in [0.717, 1.165) is 0 Å². The van der Waals surface area contributed by atoms with Gasteiger partial charge in [0, 0.05) is 0 Å². The third-order valence-electron chi connectivity index (χ3n) is 3.05. The van der Waals surface area contributed by atoms with E-state index in [4.69, 9.17) is 18.9 Å². The SMILES string of the molecule is C=CCO[C@@H]1C=CO[C@H]2COC(C)(C)OC[C@@H]21. The normalized spacial score (nSPS) is 35.5. The Morgan fingerprint density at radius 1 is 1.41 bits per heavy atom. The maximum atomic E-state index is 5.73. The van der Waals surface area contributed by atoms with Gasteiger partial charge in [-0.15, -0.1) is 6.58 Å². The first-order valence-electron chi connectivity index (χ1n) is 5.95. The molecule has 17 heavy (non-hydrogen) atoms. The lowest BCUT2D eigenvalue weighted by Crippen LogP contribution is -2.40. The molecule has 4 nitrogen and oxygen atoms in total. The molecule has 0 bridgehead atoms. The van der Waals surface area contributed by atoms with E-state index in [-0.39, 0.29) is 18.1 Å². The summed E-state index contributed by atoms with van der Waals surface area (Å²) in [5.41, 5.74) is 0. The lowest BCUT2D eigenvalue weighted by Gasteiger charge is -2.32. The molecular weight excluding hydrogens is 220 g/mol. The summed E-state index contributed by atoms with van der Waals surface area (Å²) in [6.07, 6.45) is 5.36. The smallest absolute Gasteiger partial charge is 0.162 e. The summed E-state index contributed by atoms with van der Waals surface area (Å²) in [4.78, 5) is 0. The minimum Gasteiger partial charge on any atom is -0.495 e. The molecule has 4 heteroatoms. The molecule has 0 amide bonds. The minimum absolute atomic E-state index is 0.00316. The van der Waals surface area contributed by atoms with Crippen molar-refractivity contribution in [1.82, 2.24) is 0 Å². The van der Waals surface area contributed by atoms with Gasteiger partial charge in [-0.25, -0.2) is 0 Å². The molecule has 0 aromatic carbocycles. The maximum absolute atomic E-state index is 5.73. The topological polar surface area (TPSA) is 36.9 Å². The van der Waals surface area contributed by atoms with Crippen LogP contribution in [0.25, 0.3) is 0 Å². The monoisotopic (exact) mass is 240 g/mol. The fourth-order valence-corrected chi connectivity index (χ4v) is 2.02. The fraction of sp³-hybridized carbons (Fsp3) is 0.692. The molecule has 0 unspecified atom stereocenters. The molecule has 2 heterocycles. The second-order valence-electron chi connectivity index (χ2n) is 4.78. The van der Waals surface area contributed by atoms with Crippen molar-refractivity contribution in [2.45, 2.75) is 31.8 Å². The molecule has 0 spiro atoms. The summed E-state index contributed by atoms with van der Waals surface area (Å²) >= 11 is 0. The second kappa shape index (κ2) is 5.21. The van der Waals surface area contributed by atoms with Gasteiger partial charge in [0.15, 0.2) is 5.79 Å². The maximum Gasteiger partial charge on any atom is 0.162 e. The van der Waals surface area contributed by atoms with E-state index in [0.29, 0.717) is 19.8 Å². The molecule has 0 saturated carbocycles. The Hall–Kier alpha value is -0.840. The predicted octanol–water partition coefficient (Wildman–Crippen LogP) is 1.87. The summed E-state index contributed by atoms with van der Waals surface area (Å²) in [5, 5.41) is 0. The van der Waals surface area contributed by atoms with Gasteiger partial charge in [-0.1, -0.05) is 6.08 Å². The molecule has 96 valence electrons. The van der Waals surface area contributed by atoms with Gasteiger partial charge in [0.25, 0.3) is 0 Å². The van der Waals surface area contributed by atoms with Gasteiger partial charge < -0.3 is 18.9 Å². The largest absolute Gasteiger partial charge is 0.495 e. The predicted molar refractivity (Wildman–Crippen MR) is 63.4 cm³/mol. The van der Waals surface area contributed by atoms with Gasteiger partial charge in [-0.3, -0.25) is 0 Å². The molecule has 0 aromatic heterocycles. The Morgan fingerprint density at radius 3 is 2.94 bits per heavy atom. The van der Waals surface area contributed by atoms with Gasteiger partial charge in [0.1, 0.15) is 6.10 Å². The Bertz CT molecular complexity index is 298. The zero-order chi connectivity index (χ0) is 12.3. The van der Waals surface area contributed by atoms with E-state index in [1.165, 1.54) is 0 Å². The number of hydrogen-bond donors (Lipinski definition) is 0. The fourth-order valence-electron chi connectivity index (χ4n) is 2.02. The van der Waals surface area contributed by atoms with Crippen LogP contribution in [0.5, 0.6) is 0 Å². The van der Waals surface area contributed by atoms with Gasteiger partial charge in [0.2, 0.25) is 0 Å². The van der Waals surface area contributed by atoms with Crippen LogP contribution in [0.2, 0.25) is 0 Å². The van der Waals surface area contributed by atoms with Crippen molar-refractivity contribution in [2.24, 2.45) is 5.92 Å². The lowest BCUT2D eigenvalue weighted by atomic mass is 9.95. The van der Waals surface area contributed by atoms with Crippen LogP contribution >= 0.6 is 0 Å². The zero-order valence-electron chi connectivity index (χ0n) is 10.4. The van der Waals surface area contributed by atoms with Crippen LogP contribution in [0.3, 0.4) is 0 Å². The van der Waals surface area contributed by atoms with Crippen molar-refractivity contribution < 1.29 is 18.9 Å². The Morgan fingerprint density at radius 2 is 2.18 bits per heavy atom. The molecule has 3 atom stereocenters. The molecule has 0 aromatic rings. The minimum atomic E-state index is -0.552. The number of fused-ring (bicyclic) bond motifs is 1. The molecular formula is C13H20O4. The van der Waals surface area contributed by atoms with Crippen LogP contribution in [0.15, 0.2) is 25.0 Å². The highest BCUT2D eigenvalue weighted by molar-refractivity contribution is 4.99. The van der Waals surface area contributed by atoms with Crippen molar-refractivity contribution >= 4 is 0 Å². The number of ether oxygens (including phenoxy) is 4. The van der Waals surface area contributed by atoms with Crippen LogP contribution in [-0.4, -0.2) is 37.8 Å². The standard InChI is InChI=1S/C13H20O4/c1-4-6-14-11-5-7-15-12-9-17-13(2,3)16-8-10(11)12/h4-5,7,10-12H,1,6,8-9H2,2-3H3/t10-,11-,12+/m1/s1. The highest BCUT2D eigenvalue weighted by atomic mass is 16.7. The van der Waals surface area contributed by atoms with Gasteiger partial charge in [0.05, 0.1) is 38.1 Å². The highest BCUT2D eigenvalue weighted by Gasteiger charge is 2.39. The van der Waals surface area contributed by atoms with Crippen molar-refractivity contribution in [2.75, 3.05) is 19.8 Å². The third kappa shape index (κ3) is 3.09. The first kappa shape index (κ1) is 12.6. The van der Waals surface area contributed by atoms with Gasteiger partial charge >= 0.3 is 0 Å². The van der Waals surface area contributed by atoms with Crippen molar-refractivity contribution in [3.8, 4) is 0 Å². The van der Waals surface area contributed by atoms with Crippen molar-refractivity contribution in [3.63, 3.8) is 0 Å². The van der Waals surface area contributed by atoms with E-state index in [2.05, 4.69) is 6.58 Å². The van der Waals surface area contributed by atoms with E-state index in [9.17, 15) is 0 Å². The first-order chi connectivity index (χ1) is 8.12. The number of hydrogen-bond acceptors (Lipinski definition) is 4. The second-order valence-corrected chi connectivity index (χ2v) is 4.78. The first-order valence-corrected chi connectivity index (χ1v) is 5.95. The van der Waals surface area contributed by atoms with Crippen molar-refractivity contribution in [3.05, 3.63) is 25.0 Å². The molecule has 1 fully saturated rings. The van der Waals surface area contributed by atoms with E-state index in [1.807, 2.05) is 19.9 Å². The molecule has 2 aliphatic heterocycles. The molecule has 0 aliphatic carbocycles. The highest BCUT2D eigenvalue weighted by Crippen LogP contribution is 2.29. The Balaban J connectivity index is 2.03. The van der Waals surface area contributed by atoms with E-state index < -0.39 is 5.79 Å². The van der Waals surface area contributed by atoms with Crippen molar-refractivity contribution in [1.29, 1.82) is 0 Å². The van der Waals surface area contributed by atoms with Crippen LogP contribution in [-0.2, 0) is 18.9 Å². The van der Waals surface area contributed by atoms with Crippen LogP contribution in [0, 0.1) is 5.92 Å². The average molecular weight is 240 g/mol. The van der Waals surface area contributed by atoms with E-state index in [1.54, 1.807) is 12.3 Å². The summed E-state index contributed by atoms with van der Waals surface area (Å²) in [6, 6.07) is 0. The quantitative estimate of drug-likeness (QED) is 0.706. The molecule has 2 aliphatic rings. The summed E-state index contributed by atoms with van der Waals surface area (Å²) in [5.74, 6) is -0.384. The molecule has 0 radical (unpaired) electrons. The Labute approximate surface area is 102 Å². The molecule has 1 saturated heterocycles. The van der Waals surface area contributed by atoms with Crippen LogP contribution in [0.1, 0.15) is 13.8 Å². The van der Waals surface area contributed by atoms with E-state index >= 15 is 0 Å². The molecule has 2 rings (SSSR count). The van der Waals surface area contributed by atoms with Gasteiger partial charge in [-0.2, -0.15) is 0 Å². The third-order valence-corrected chi connectivity index (χ3v) is 3.05. The lowest BCUT2D eigenvalue weighted by molar-refractivity contribution is -0.204. The average Bonchev–Trinajstić information content (AvgIpc) is 2.46. The zero-order valence-corrected chi connectivity index (χ0v) is 10.4. The number of rotatable bonds is 3. The van der Waals surface area contributed by atoms with Gasteiger partial charge in [-0.05, 0) is 19.9 Å². The summed E-state index contributed by atoms with van der Waals surface area (Å²) in [6.45, 7) is 9.11. The molecule has 0 N–H and O–H groups in total. The summed E-state index contributed by atoms with van der Waals surface area (Å²) in [7, 11) is 0. The Kier molecular flexibility index (Phi) is 3.86. The van der Waals surface area contributed by atoms with Crippen LogP contribution < -0.4 is 0 Å². The summed E-state index contributed by atoms with van der Waals surface area (Å²) < 4.78 is 22.7.